The van der Waals surface area contributed by atoms with Gasteiger partial charge in [0.1, 0.15) is 12.3 Å². The summed E-state index contributed by atoms with van der Waals surface area (Å²) in [5.74, 6) is 0.00214. The summed E-state index contributed by atoms with van der Waals surface area (Å²) in [6.45, 7) is 3.91. The Morgan fingerprint density at radius 3 is 2.45 bits per heavy atom. The number of anilines is 1. The number of rotatable bonds is 10. The van der Waals surface area contributed by atoms with Crippen molar-refractivity contribution in [3.8, 4) is 5.75 Å². The molecule has 0 aliphatic carbocycles. The maximum atomic E-state index is 13.7. The van der Waals surface area contributed by atoms with Crippen molar-refractivity contribution in [1.82, 2.24) is 5.32 Å². The topological polar surface area (TPSA) is 75.7 Å². The first-order chi connectivity index (χ1) is 18.2. The summed E-state index contributed by atoms with van der Waals surface area (Å²) in [5.41, 5.74) is 2.32. The summed E-state index contributed by atoms with van der Waals surface area (Å²) in [5, 5.41) is 5.61. The number of carbonyl (C=O) groups is 1. The number of fused-ring (bicyclic) bond motifs is 1. The van der Waals surface area contributed by atoms with Crippen LogP contribution in [0.2, 0.25) is 5.02 Å². The molecule has 0 radical (unpaired) electrons. The van der Waals surface area contributed by atoms with Crippen molar-refractivity contribution in [2.45, 2.75) is 25.2 Å². The third-order valence-electron chi connectivity index (χ3n) is 6.40. The highest BCUT2D eigenvalue weighted by Gasteiger charge is 2.30. The zero-order valence-electron chi connectivity index (χ0n) is 21.6. The van der Waals surface area contributed by atoms with E-state index in [9.17, 15) is 13.2 Å². The van der Waals surface area contributed by atoms with Crippen LogP contribution >= 0.6 is 11.6 Å². The van der Waals surface area contributed by atoms with Gasteiger partial charge in [0.15, 0.2) is 0 Å². The average Bonchev–Trinajstić information content (AvgIpc) is 2.91. The number of carbonyl (C=O) groups excluding carboxylic acids is 1. The van der Waals surface area contributed by atoms with E-state index in [0.717, 1.165) is 16.3 Å². The molecule has 0 heterocycles. The molecule has 1 unspecified atom stereocenters. The van der Waals surface area contributed by atoms with Gasteiger partial charge in [-0.15, -0.1) is 0 Å². The first kappa shape index (κ1) is 27.5. The lowest BCUT2D eigenvalue weighted by molar-refractivity contribution is -0.119. The van der Waals surface area contributed by atoms with E-state index in [2.05, 4.69) is 36.5 Å². The van der Waals surface area contributed by atoms with Crippen LogP contribution < -0.4 is 14.4 Å². The largest absolute Gasteiger partial charge is 0.495 e. The van der Waals surface area contributed by atoms with E-state index < -0.39 is 22.5 Å². The highest BCUT2D eigenvalue weighted by atomic mass is 35.5. The lowest BCUT2D eigenvalue weighted by atomic mass is 9.96. The number of hydrogen-bond acceptors (Lipinski definition) is 4. The molecule has 4 aromatic rings. The molecule has 1 amide bonds. The van der Waals surface area contributed by atoms with Crippen molar-refractivity contribution in [2.75, 3.05) is 24.5 Å². The van der Waals surface area contributed by atoms with Crippen LogP contribution in [0.25, 0.3) is 10.8 Å². The highest BCUT2D eigenvalue weighted by molar-refractivity contribution is 7.92. The minimum Gasteiger partial charge on any atom is -0.495 e. The van der Waals surface area contributed by atoms with Crippen molar-refractivity contribution in [2.24, 2.45) is 5.92 Å². The fourth-order valence-electron chi connectivity index (χ4n) is 4.39. The van der Waals surface area contributed by atoms with Gasteiger partial charge in [0.05, 0.1) is 17.7 Å². The summed E-state index contributed by atoms with van der Waals surface area (Å²) >= 11 is 6.21. The Labute approximate surface area is 229 Å². The summed E-state index contributed by atoms with van der Waals surface area (Å²) in [4.78, 5) is 13.2. The van der Waals surface area contributed by atoms with Crippen LogP contribution in [-0.4, -0.2) is 34.5 Å². The second-order valence-electron chi connectivity index (χ2n) is 9.39. The molecular weight excluding hydrogens is 520 g/mol. The van der Waals surface area contributed by atoms with Crippen LogP contribution in [0.15, 0.2) is 89.8 Å². The van der Waals surface area contributed by atoms with E-state index in [-0.39, 0.29) is 16.5 Å². The molecule has 0 saturated carbocycles. The molecule has 0 fully saturated rings. The Morgan fingerprint density at radius 1 is 1.00 bits per heavy atom. The number of amides is 1. The molecule has 0 bridgehead atoms. The predicted molar refractivity (Wildman–Crippen MR) is 154 cm³/mol. The number of hydrogen-bond donors (Lipinski definition) is 1. The smallest absolute Gasteiger partial charge is 0.264 e. The summed E-state index contributed by atoms with van der Waals surface area (Å²) in [6, 6.07) is 25.6. The zero-order valence-corrected chi connectivity index (χ0v) is 23.2. The molecule has 1 N–H and O–H groups in total. The van der Waals surface area contributed by atoms with Gasteiger partial charge in [-0.25, -0.2) is 8.42 Å². The number of benzene rings is 4. The molecule has 1 atom stereocenters. The van der Waals surface area contributed by atoms with Crippen molar-refractivity contribution in [3.05, 3.63) is 101 Å². The summed E-state index contributed by atoms with van der Waals surface area (Å²) in [7, 11) is -2.65. The lowest BCUT2D eigenvalue weighted by Gasteiger charge is -2.26. The molecule has 0 aliphatic rings. The van der Waals surface area contributed by atoms with Gasteiger partial charge in [-0.3, -0.25) is 9.10 Å². The maximum absolute atomic E-state index is 13.7. The molecule has 0 aliphatic heterocycles. The van der Waals surface area contributed by atoms with Crippen LogP contribution in [0, 0.1) is 12.8 Å². The van der Waals surface area contributed by atoms with Crippen LogP contribution in [0.5, 0.6) is 5.75 Å². The van der Waals surface area contributed by atoms with Crippen LogP contribution in [0.3, 0.4) is 0 Å². The number of nitrogens with one attached hydrogen (secondary N) is 1. The number of methoxy groups -OCH3 is 1. The second kappa shape index (κ2) is 11.9. The van der Waals surface area contributed by atoms with E-state index in [4.69, 9.17) is 16.3 Å². The second-order valence-corrected chi connectivity index (χ2v) is 11.7. The molecule has 0 aromatic heterocycles. The van der Waals surface area contributed by atoms with E-state index in [1.807, 2.05) is 25.1 Å². The van der Waals surface area contributed by atoms with Gasteiger partial charge in [0.2, 0.25) is 5.91 Å². The number of nitrogens with zero attached hydrogens (tertiary/aromatic N) is 1. The number of sulfonamides is 1. The molecule has 0 saturated heterocycles. The normalized spacial score (nSPS) is 12.2. The quantitative estimate of drug-likeness (QED) is 0.263. The maximum Gasteiger partial charge on any atom is 0.264 e. The Kier molecular flexibility index (Phi) is 8.59. The lowest BCUT2D eigenvalue weighted by Crippen LogP contribution is -2.42. The third-order valence-corrected chi connectivity index (χ3v) is 8.41. The van der Waals surface area contributed by atoms with Gasteiger partial charge in [-0.05, 0) is 65.9 Å². The van der Waals surface area contributed by atoms with Crippen LogP contribution in [-0.2, 0) is 21.2 Å². The monoisotopic (exact) mass is 550 g/mol. The van der Waals surface area contributed by atoms with Crippen molar-refractivity contribution >= 4 is 44.0 Å². The molecule has 38 heavy (non-hydrogen) atoms. The highest BCUT2D eigenvalue weighted by Crippen LogP contribution is 2.34. The van der Waals surface area contributed by atoms with Crippen molar-refractivity contribution < 1.29 is 17.9 Å². The fourth-order valence-corrected chi connectivity index (χ4v) is 5.98. The number of aryl methyl sites for hydroxylation is 1. The molecule has 198 valence electrons. The molecular formula is C30H31ClN2O4S. The van der Waals surface area contributed by atoms with E-state index in [1.165, 1.54) is 41.6 Å². The Bertz CT molecular complexity index is 1530. The van der Waals surface area contributed by atoms with E-state index >= 15 is 0 Å². The molecule has 4 rings (SSSR count). The van der Waals surface area contributed by atoms with E-state index in [1.54, 1.807) is 24.3 Å². The first-order valence-corrected chi connectivity index (χ1v) is 14.2. The van der Waals surface area contributed by atoms with Crippen LogP contribution in [0.4, 0.5) is 5.69 Å². The average molecular weight is 551 g/mol. The standard InChI is InChI=1S/C30H31ClN2O4S/c1-21-11-14-26(15-12-21)38(35,36)33(28-18-25(31)13-16-29(28)37-3)20-30(34)32-19-22(2)17-24-9-6-8-23-7-4-5-10-27(23)24/h4-16,18,22H,17,19-20H2,1-3H3,(H,32,34). The van der Waals surface area contributed by atoms with Gasteiger partial charge in [0.25, 0.3) is 10.0 Å². The molecule has 0 spiro atoms. The summed E-state index contributed by atoms with van der Waals surface area (Å²) in [6.07, 6.45) is 0.773. The molecule has 4 aromatic carbocycles. The van der Waals surface area contributed by atoms with Gasteiger partial charge >= 0.3 is 0 Å². The van der Waals surface area contributed by atoms with Gasteiger partial charge < -0.3 is 10.1 Å². The zero-order chi connectivity index (χ0) is 27.3. The predicted octanol–water partition coefficient (Wildman–Crippen LogP) is 6.00. The number of halogens is 1. The van der Waals surface area contributed by atoms with Gasteiger partial charge in [-0.2, -0.15) is 0 Å². The van der Waals surface area contributed by atoms with Gasteiger partial charge in [-0.1, -0.05) is 78.7 Å². The Morgan fingerprint density at radius 2 is 1.71 bits per heavy atom. The number of ether oxygens (including phenoxy) is 1. The Hall–Kier alpha value is -3.55. The third kappa shape index (κ3) is 6.29. The minimum atomic E-state index is -4.09. The van der Waals surface area contributed by atoms with Crippen molar-refractivity contribution in [1.29, 1.82) is 0 Å². The van der Waals surface area contributed by atoms with E-state index in [0.29, 0.717) is 17.3 Å². The molecule has 8 heteroatoms. The first-order valence-electron chi connectivity index (χ1n) is 12.4. The van der Waals surface area contributed by atoms with Gasteiger partial charge in [0, 0.05) is 11.6 Å². The summed E-state index contributed by atoms with van der Waals surface area (Å²) < 4.78 is 33.9. The molecule has 6 nitrogen and oxygen atoms in total. The SMILES string of the molecule is COc1ccc(Cl)cc1N(CC(=O)NCC(C)Cc1cccc2ccccc12)S(=O)(=O)c1ccc(C)cc1. The Balaban J connectivity index is 1.54. The fraction of sp³-hybridized carbons (Fsp3) is 0.233. The minimum absolute atomic E-state index is 0.0715. The van der Waals surface area contributed by atoms with Crippen LogP contribution in [0.1, 0.15) is 18.1 Å². The van der Waals surface area contributed by atoms with Crippen molar-refractivity contribution in [3.63, 3.8) is 0 Å².